The molecule has 3 heteroatoms. The first-order valence-electron chi connectivity index (χ1n) is 7.33. The lowest BCUT2D eigenvalue weighted by Gasteiger charge is -2.22. The number of hydrogen-bond donors (Lipinski definition) is 0. The van der Waals surface area contributed by atoms with Crippen molar-refractivity contribution in [2.24, 2.45) is 7.05 Å². The van der Waals surface area contributed by atoms with E-state index in [0.29, 0.717) is 6.17 Å². The van der Waals surface area contributed by atoms with Crippen LogP contribution in [0.15, 0.2) is 54.9 Å². The summed E-state index contributed by atoms with van der Waals surface area (Å²) in [4.78, 5) is 4.50. The second kappa shape index (κ2) is 5.24. The maximum Gasteiger partial charge on any atom is 0.283 e. The normalized spacial score (nSPS) is 17.6. The van der Waals surface area contributed by atoms with Crippen LogP contribution in [0.5, 0.6) is 0 Å². The Labute approximate surface area is 126 Å². The van der Waals surface area contributed by atoms with Crippen LogP contribution in [0.25, 0.3) is 11.3 Å². The maximum atomic E-state index is 2.29. The zero-order chi connectivity index (χ0) is 15.0. The summed E-state index contributed by atoms with van der Waals surface area (Å²) in [7, 11) is 4.24. The van der Waals surface area contributed by atoms with Crippen LogP contribution in [-0.4, -0.2) is 18.1 Å². The van der Waals surface area contributed by atoms with Gasteiger partial charge in [-0.3, -0.25) is 0 Å². The molecule has 0 saturated heterocycles. The standard InChI is InChI=1S/C18H22N3/c1-14-8-5-6-9-16(14)17-10-7-11-18(20(17)4)21-13-12-19(3)15(21)2/h5-13,15H,1-4H3/q+1/t15-/m0/s1. The molecule has 0 saturated carbocycles. The quantitative estimate of drug-likeness (QED) is 0.783. The van der Waals surface area contributed by atoms with Crippen molar-refractivity contribution in [3.05, 3.63) is 60.4 Å². The zero-order valence-electron chi connectivity index (χ0n) is 13.1. The summed E-state index contributed by atoms with van der Waals surface area (Å²) in [5, 5.41) is 0. The van der Waals surface area contributed by atoms with Crippen LogP contribution >= 0.6 is 0 Å². The summed E-state index contributed by atoms with van der Waals surface area (Å²) in [5.41, 5.74) is 3.82. The summed E-state index contributed by atoms with van der Waals surface area (Å²) in [5.74, 6) is 1.20. The van der Waals surface area contributed by atoms with E-state index in [-0.39, 0.29) is 0 Å². The van der Waals surface area contributed by atoms with Crippen molar-refractivity contribution in [3.63, 3.8) is 0 Å². The number of anilines is 1. The van der Waals surface area contributed by atoms with Crippen molar-refractivity contribution in [1.82, 2.24) is 4.90 Å². The Kier molecular flexibility index (Phi) is 3.42. The zero-order valence-corrected chi connectivity index (χ0v) is 13.1. The molecule has 108 valence electrons. The molecule has 0 N–H and O–H groups in total. The second-order valence-electron chi connectivity index (χ2n) is 5.65. The van der Waals surface area contributed by atoms with Gasteiger partial charge in [0, 0.05) is 24.9 Å². The molecule has 0 spiro atoms. The predicted octanol–water partition coefficient (Wildman–Crippen LogP) is 3.06. The van der Waals surface area contributed by atoms with Crippen LogP contribution < -0.4 is 9.47 Å². The highest BCUT2D eigenvalue weighted by Gasteiger charge is 2.29. The molecule has 1 aromatic carbocycles. The molecule has 1 atom stereocenters. The summed E-state index contributed by atoms with van der Waals surface area (Å²) in [6.45, 7) is 4.37. The van der Waals surface area contributed by atoms with Gasteiger partial charge in [-0.1, -0.05) is 24.3 Å². The van der Waals surface area contributed by atoms with E-state index in [0.717, 1.165) is 0 Å². The van der Waals surface area contributed by atoms with Gasteiger partial charge in [0.25, 0.3) is 5.82 Å². The number of benzene rings is 1. The van der Waals surface area contributed by atoms with E-state index in [4.69, 9.17) is 0 Å². The molecule has 2 aromatic rings. The molecule has 1 aliphatic heterocycles. The van der Waals surface area contributed by atoms with Crippen LogP contribution in [0.1, 0.15) is 12.5 Å². The van der Waals surface area contributed by atoms with E-state index in [1.54, 1.807) is 0 Å². The molecule has 3 nitrogen and oxygen atoms in total. The van der Waals surface area contributed by atoms with Crippen molar-refractivity contribution >= 4 is 5.82 Å². The smallest absolute Gasteiger partial charge is 0.283 e. The Morgan fingerprint density at radius 1 is 1.00 bits per heavy atom. The lowest BCUT2D eigenvalue weighted by Crippen LogP contribution is -2.43. The number of hydrogen-bond acceptors (Lipinski definition) is 2. The summed E-state index contributed by atoms with van der Waals surface area (Å²) in [6.07, 6.45) is 4.59. The fraction of sp³-hybridized carbons (Fsp3) is 0.278. The van der Waals surface area contributed by atoms with Crippen molar-refractivity contribution in [1.29, 1.82) is 0 Å². The minimum absolute atomic E-state index is 0.336. The first-order valence-corrected chi connectivity index (χ1v) is 7.33. The van der Waals surface area contributed by atoms with Crippen LogP contribution in [-0.2, 0) is 7.05 Å². The summed E-state index contributed by atoms with van der Waals surface area (Å²) in [6, 6.07) is 15.0. The minimum atomic E-state index is 0.336. The molecule has 2 heterocycles. The molecule has 0 aliphatic carbocycles. The molecule has 0 unspecified atom stereocenters. The van der Waals surface area contributed by atoms with Gasteiger partial charge >= 0.3 is 0 Å². The lowest BCUT2D eigenvalue weighted by atomic mass is 10.0. The van der Waals surface area contributed by atoms with Gasteiger partial charge in [0.2, 0.25) is 0 Å². The second-order valence-corrected chi connectivity index (χ2v) is 5.65. The van der Waals surface area contributed by atoms with Crippen molar-refractivity contribution in [2.75, 3.05) is 11.9 Å². The van der Waals surface area contributed by atoms with Crippen LogP contribution in [0, 0.1) is 6.92 Å². The highest BCUT2D eigenvalue weighted by atomic mass is 15.4. The van der Waals surface area contributed by atoms with Gasteiger partial charge in [-0.05, 0) is 31.5 Å². The monoisotopic (exact) mass is 280 g/mol. The van der Waals surface area contributed by atoms with Gasteiger partial charge in [0.1, 0.15) is 11.9 Å². The Hall–Kier alpha value is -2.29. The maximum absolute atomic E-state index is 2.29. The first kappa shape index (κ1) is 13.7. The van der Waals surface area contributed by atoms with Gasteiger partial charge < -0.3 is 4.90 Å². The van der Waals surface area contributed by atoms with E-state index in [1.807, 2.05) is 0 Å². The van der Waals surface area contributed by atoms with E-state index in [1.165, 1.54) is 22.6 Å². The van der Waals surface area contributed by atoms with Gasteiger partial charge in [0.15, 0.2) is 6.17 Å². The summed E-state index contributed by atoms with van der Waals surface area (Å²) < 4.78 is 2.27. The van der Waals surface area contributed by atoms with Gasteiger partial charge in [0.05, 0.1) is 7.05 Å². The van der Waals surface area contributed by atoms with Crippen LogP contribution in [0.4, 0.5) is 5.82 Å². The minimum Gasteiger partial charge on any atom is -0.339 e. The van der Waals surface area contributed by atoms with E-state index < -0.39 is 0 Å². The molecule has 1 aromatic heterocycles. The predicted molar refractivity (Wildman–Crippen MR) is 86.6 cm³/mol. The topological polar surface area (TPSA) is 10.4 Å². The molecule has 0 fully saturated rings. The summed E-state index contributed by atoms with van der Waals surface area (Å²) >= 11 is 0. The molecular weight excluding hydrogens is 258 g/mol. The Balaban J connectivity index is 2.08. The van der Waals surface area contributed by atoms with Gasteiger partial charge in [-0.15, -0.1) is 0 Å². The molecule has 21 heavy (non-hydrogen) atoms. The molecule has 1 aliphatic rings. The Bertz CT molecular complexity index is 691. The van der Waals surface area contributed by atoms with Crippen LogP contribution in [0.2, 0.25) is 0 Å². The fourth-order valence-corrected chi connectivity index (χ4v) is 2.85. The average Bonchev–Trinajstić information content (AvgIpc) is 2.80. The molecular formula is C18H22N3+. The Morgan fingerprint density at radius 3 is 2.43 bits per heavy atom. The first-order chi connectivity index (χ1) is 10.1. The van der Waals surface area contributed by atoms with E-state index in [9.17, 15) is 0 Å². The van der Waals surface area contributed by atoms with E-state index >= 15 is 0 Å². The van der Waals surface area contributed by atoms with Crippen molar-refractivity contribution in [3.8, 4) is 11.3 Å². The van der Waals surface area contributed by atoms with Crippen molar-refractivity contribution < 1.29 is 4.57 Å². The number of rotatable bonds is 2. The molecule has 0 amide bonds. The molecule has 0 radical (unpaired) electrons. The highest BCUT2D eigenvalue weighted by molar-refractivity contribution is 5.61. The third-order valence-corrected chi connectivity index (χ3v) is 4.34. The van der Waals surface area contributed by atoms with Gasteiger partial charge in [-0.2, -0.15) is 0 Å². The number of pyridine rings is 1. The number of nitrogens with zero attached hydrogens (tertiary/aromatic N) is 3. The van der Waals surface area contributed by atoms with Crippen molar-refractivity contribution in [2.45, 2.75) is 20.0 Å². The van der Waals surface area contributed by atoms with Gasteiger partial charge in [-0.25, -0.2) is 9.47 Å². The molecule has 0 bridgehead atoms. The number of aryl methyl sites for hydroxylation is 1. The Morgan fingerprint density at radius 2 is 1.76 bits per heavy atom. The lowest BCUT2D eigenvalue weighted by molar-refractivity contribution is -0.647. The largest absolute Gasteiger partial charge is 0.339 e. The fourth-order valence-electron chi connectivity index (χ4n) is 2.85. The molecule has 3 rings (SSSR count). The number of aromatic nitrogens is 1. The van der Waals surface area contributed by atoms with Crippen LogP contribution in [0.3, 0.4) is 0 Å². The SMILES string of the molecule is Cc1ccccc1-c1cccc(N2C=CN(C)[C@@H]2C)[n+]1C. The third-order valence-electron chi connectivity index (χ3n) is 4.34. The highest BCUT2D eigenvalue weighted by Crippen LogP contribution is 2.24. The average molecular weight is 280 g/mol. The third kappa shape index (κ3) is 2.29. The van der Waals surface area contributed by atoms with E-state index in [2.05, 4.69) is 97.2 Å².